The Bertz CT molecular complexity index is 773. The summed E-state index contributed by atoms with van der Waals surface area (Å²) in [6.45, 7) is 2.62. The van der Waals surface area contributed by atoms with E-state index in [-0.39, 0.29) is 5.82 Å². The quantitative estimate of drug-likeness (QED) is 0.761. The molecule has 0 aliphatic carbocycles. The minimum Gasteiger partial charge on any atom is -0.354 e. The summed E-state index contributed by atoms with van der Waals surface area (Å²) in [5.41, 5.74) is 0.786. The second-order valence-corrected chi connectivity index (χ2v) is 4.61. The minimum atomic E-state index is -0.482. The van der Waals surface area contributed by atoms with Crippen LogP contribution in [0.3, 0.4) is 0 Å². The van der Waals surface area contributed by atoms with Crippen LogP contribution in [0.1, 0.15) is 6.92 Å². The Hall–Kier alpha value is -2.69. The Morgan fingerprint density at radius 3 is 2.71 bits per heavy atom. The maximum atomic E-state index is 13.8. The summed E-state index contributed by atoms with van der Waals surface area (Å²) in [6.07, 6.45) is 1.16. The third kappa shape index (κ3) is 2.91. The van der Waals surface area contributed by atoms with E-state index in [1.165, 1.54) is 0 Å². The number of halogens is 1. The van der Waals surface area contributed by atoms with Crippen molar-refractivity contribution in [3.63, 3.8) is 0 Å². The monoisotopic (exact) mass is 282 g/mol. The molecule has 0 bridgehead atoms. The maximum Gasteiger partial charge on any atom is 0.224 e. The first-order valence-corrected chi connectivity index (χ1v) is 6.78. The molecule has 2 N–H and O–H groups in total. The molecule has 0 spiro atoms. The molecule has 0 radical (unpaired) electrons. The van der Waals surface area contributed by atoms with Crippen molar-refractivity contribution in [1.82, 2.24) is 9.97 Å². The molecule has 0 amide bonds. The molecule has 0 saturated carbocycles. The second-order valence-electron chi connectivity index (χ2n) is 4.61. The van der Waals surface area contributed by atoms with Gasteiger partial charge in [-0.2, -0.15) is 4.98 Å². The number of benzene rings is 2. The normalized spacial score (nSPS) is 10.6. The molecule has 106 valence electrons. The largest absolute Gasteiger partial charge is 0.354 e. The van der Waals surface area contributed by atoms with Crippen LogP contribution in [0.5, 0.6) is 0 Å². The van der Waals surface area contributed by atoms with Gasteiger partial charge in [0.05, 0.1) is 6.20 Å². The Morgan fingerprint density at radius 2 is 1.90 bits per heavy atom. The van der Waals surface area contributed by atoms with E-state index in [4.69, 9.17) is 0 Å². The number of nitrogens with zero attached hydrogens (tertiary/aromatic N) is 2. The van der Waals surface area contributed by atoms with Crippen molar-refractivity contribution in [3.05, 3.63) is 54.5 Å². The predicted molar refractivity (Wildman–Crippen MR) is 83.4 cm³/mol. The average molecular weight is 282 g/mol. The van der Waals surface area contributed by atoms with Gasteiger partial charge >= 0.3 is 0 Å². The fraction of sp³-hybridized carbons (Fsp3) is 0.125. The molecule has 1 aromatic heterocycles. The SMILES string of the molecule is CCNc1ncc(F)c(Nc2ccc3ccccc3c2)n1. The van der Waals surface area contributed by atoms with Crippen molar-refractivity contribution in [2.24, 2.45) is 0 Å². The summed E-state index contributed by atoms with van der Waals surface area (Å²) in [6, 6.07) is 13.9. The number of anilines is 3. The smallest absolute Gasteiger partial charge is 0.224 e. The van der Waals surface area contributed by atoms with Gasteiger partial charge in [0.2, 0.25) is 5.95 Å². The van der Waals surface area contributed by atoms with Gasteiger partial charge in [-0.25, -0.2) is 9.37 Å². The summed E-state index contributed by atoms with van der Waals surface area (Å²) < 4.78 is 13.8. The maximum absolute atomic E-state index is 13.8. The number of fused-ring (bicyclic) bond motifs is 1. The Morgan fingerprint density at radius 1 is 1.10 bits per heavy atom. The van der Waals surface area contributed by atoms with E-state index >= 15 is 0 Å². The van der Waals surface area contributed by atoms with Crippen LogP contribution in [0, 0.1) is 5.82 Å². The first kappa shape index (κ1) is 13.3. The van der Waals surface area contributed by atoms with Crippen molar-refractivity contribution in [1.29, 1.82) is 0 Å². The van der Waals surface area contributed by atoms with Crippen LogP contribution in [-0.4, -0.2) is 16.5 Å². The molecule has 1 heterocycles. The highest BCUT2D eigenvalue weighted by Gasteiger charge is 2.07. The zero-order valence-electron chi connectivity index (χ0n) is 11.6. The first-order valence-electron chi connectivity index (χ1n) is 6.78. The lowest BCUT2D eigenvalue weighted by molar-refractivity contribution is 0.619. The molecule has 3 aromatic rings. The molecular weight excluding hydrogens is 267 g/mol. The van der Waals surface area contributed by atoms with E-state index < -0.39 is 5.82 Å². The molecule has 0 saturated heterocycles. The molecule has 4 nitrogen and oxygen atoms in total. The van der Waals surface area contributed by atoms with Crippen molar-refractivity contribution in [3.8, 4) is 0 Å². The van der Waals surface area contributed by atoms with Crippen molar-refractivity contribution in [2.75, 3.05) is 17.2 Å². The van der Waals surface area contributed by atoms with E-state index in [2.05, 4.69) is 20.6 Å². The molecule has 21 heavy (non-hydrogen) atoms. The average Bonchev–Trinajstić information content (AvgIpc) is 2.51. The third-order valence-corrected chi connectivity index (χ3v) is 3.09. The predicted octanol–water partition coefficient (Wildman–Crippen LogP) is 3.94. The van der Waals surface area contributed by atoms with Gasteiger partial charge in [0, 0.05) is 12.2 Å². The topological polar surface area (TPSA) is 49.8 Å². The van der Waals surface area contributed by atoms with E-state index in [0.29, 0.717) is 12.5 Å². The van der Waals surface area contributed by atoms with Crippen LogP contribution >= 0.6 is 0 Å². The van der Waals surface area contributed by atoms with Crippen LogP contribution in [0.15, 0.2) is 48.7 Å². The summed E-state index contributed by atoms with van der Waals surface area (Å²) in [4.78, 5) is 8.01. The van der Waals surface area contributed by atoms with Gasteiger partial charge < -0.3 is 10.6 Å². The molecule has 0 aliphatic rings. The molecule has 0 atom stereocenters. The molecule has 3 rings (SSSR count). The molecular formula is C16H15FN4. The molecule has 0 unspecified atom stereocenters. The summed E-state index contributed by atoms with van der Waals surface area (Å²) in [5.74, 6) is 0.0863. The summed E-state index contributed by atoms with van der Waals surface area (Å²) >= 11 is 0. The highest BCUT2D eigenvalue weighted by molar-refractivity contribution is 5.86. The van der Waals surface area contributed by atoms with Gasteiger partial charge in [0.1, 0.15) is 0 Å². The van der Waals surface area contributed by atoms with Gasteiger partial charge in [0.15, 0.2) is 11.6 Å². The highest BCUT2D eigenvalue weighted by Crippen LogP contribution is 2.23. The fourth-order valence-electron chi connectivity index (χ4n) is 2.10. The molecule has 5 heteroatoms. The third-order valence-electron chi connectivity index (χ3n) is 3.09. The molecule has 2 aromatic carbocycles. The zero-order chi connectivity index (χ0) is 14.7. The van der Waals surface area contributed by atoms with Crippen molar-refractivity contribution >= 4 is 28.2 Å². The lowest BCUT2D eigenvalue weighted by Crippen LogP contribution is -2.05. The van der Waals surface area contributed by atoms with Crippen LogP contribution in [0.4, 0.5) is 21.8 Å². The van der Waals surface area contributed by atoms with Gasteiger partial charge in [-0.3, -0.25) is 0 Å². The van der Waals surface area contributed by atoms with E-state index in [1.807, 2.05) is 49.4 Å². The van der Waals surface area contributed by atoms with Crippen LogP contribution in [-0.2, 0) is 0 Å². The fourth-order valence-corrected chi connectivity index (χ4v) is 2.10. The molecule has 0 aliphatic heterocycles. The van der Waals surface area contributed by atoms with Gasteiger partial charge in [-0.05, 0) is 29.8 Å². The summed E-state index contributed by atoms with van der Waals surface area (Å²) in [5, 5.41) is 8.18. The Labute approximate surface area is 122 Å². The standard InChI is InChI=1S/C16H15FN4/c1-2-18-16-19-10-14(17)15(21-16)20-13-8-7-11-5-3-4-6-12(11)9-13/h3-10H,2H2,1H3,(H2,18,19,20,21). The molecule has 0 fully saturated rings. The number of rotatable bonds is 4. The van der Waals surface area contributed by atoms with Crippen molar-refractivity contribution in [2.45, 2.75) is 6.92 Å². The number of hydrogen-bond donors (Lipinski definition) is 2. The number of aromatic nitrogens is 2. The summed E-state index contributed by atoms with van der Waals surface area (Å²) in [7, 11) is 0. The Kier molecular flexibility index (Phi) is 3.64. The number of hydrogen-bond acceptors (Lipinski definition) is 4. The van der Waals surface area contributed by atoms with Gasteiger partial charge in [-0.1, -0.05) is 30.3 Å². The lowest BCUT2D eigenvalue weighted by atomic mass is 10.1. The lowest BCUT2D eigenvalue weighted by Gasteiger charge is -2.09. The van der Waals surface area contributed by atoms with E-state index in [0.717, 1.165) is 22.7 Å². The van der Waals surface area contributed by atoms with Crippen LogP contribution in [0.25, 0.3) is 10.8 Å². The minimum absolute atomic E-state index is 0.163. The van der Waals surface area contributed by atoms with Gasteiger partial charge in [0.25, 0.3) is 0 Å². The Balaban J connectivity index is 1.92. The number of nitrogens with one attached hydrogen (secondary N) is 2. The van der Waals surface area contributed by atoms with Crippen LogP contribution < -0.4 is 10.6 Å². The van der Waals surface area contributed by atoms with Gasteiger partial charge in [-0.15, -0.1) is 0 Å². The first-order chi connectivity index (χ1) is 10.3. The zero-order valence-corrected chi connectivity index (χ0v) is 11.6. The van der Waals surface area contributed by atoms with E-state index in [9.17, 15) is 4.39 Å². The highest BCUT2D eigenvalue weighted by atomic mass is 19.1. The van der Waals surface area contributed by atoms with E-state index in [1.54, 1.807) is 0 Å². The second kappa shape index (κ2) is 5.75. The van der Waals surface area contributed by atoms with Crippen LogP contribution in [0.2, 0.25) is 0 Å². The van der Waals surface area contributed by atoms with Crippen molar-refractivity contribution < 1.29 is 4.39 Å².